The summed E-state index contributed by atoms with van der Waals surface area (Å²) in [6, 6.07) is 17.2. The molecule has 1 amide bonds. The molecule has 1 N–H and O–H groups in total. The van der Waals surface area contributed by atoms with Gasteiger partial charge in [0.25, 0.3) is 5.91 Å². The van der Waals surface area contributed by atoms with Crippen LogP contribution in [-0.2, 0) is 10.0 Å². The van der Waals surface area contributed by atoms with Crippen molar-refractivity contribution in [2.45, 2.75) is 24.2 Å². The van der Waals surface area contributed by atoms with Crippen molar-refractivity contribution >= 4 is 33.2 Å². The van der Waals surface area contributed by atoms with Crippen molar-refractivity contribution in [3.8, 4) is 0 Å². The first-order valence-electron chi connectivity index (χ1n) is 11.1. The molecule has 172 valence electrons. The summed E-state index contributed by atoms with van der Waals surface area (Å²) < 4.78 is 27.5. The summed E-state index contributed by atoms with van der Waals surface area (Å²) in [6.07, 6.45) is 2.63. The Bertz CT molecular complexity index is 1440. The highest BCUT2D eigenvalue weighted by Crippen LogP contribution is 2.32. The molecule has 1 saturated heterocycles. The molecular formula is C26H22N2O5S. The molecule has 1 aliphatic carbocycles. The Morgan fingerprint density at radius 2 is 1.41 bits per heavy atom. The highest BCUT2D eigenvalue weighted by Gasteiger charge is 2.32. The number of carbonyl (C=O) groups excluding carboxylic acids is 3. The number of carbonyl (C=O) groups is 3. The second-order valence-corrected chi connectivity index (χ2v) is 10.3. The van der Waals surface area contributed by atoms with Gasteiger partial charge in [-0.1, -0.05) is 48.9 Å². The maximum absolute atomic E-state index is 13.2. The van der Waals surface area contributed by atoms with E-state index >= 15 is 0 Å². The van der Waals surface area contributed by atoms with E-state index in [4.69, 9.17) is 0 Å². The molecule has 0 saturated carbocycles. The molecule has 3 aromatic rings. The lowest BCUT2D eigenvalue weighted by molar-refractivity contribution is 0.0978. The van der Waals surface area contributed by atoms with Gasteiger partial charge in [0.2, 0.25) is 10.0 Å². The zero-order chi connectivity index (χ0) is 23.9. The zero-order valence-corrected chi connectivity index (χ0v) is 19.1. The summed E-state index contributed by atoms with van der Waals surface area (Å²) in [5.41, 5.74) is 1.33. The Morgan fingerprint density at radius 1 is 0.765 bits per heavy atom. The molecule has 2 aliphatic rings. The quantitative estimate of drug-likeness (QED) is 0.484. The molecule has 5 rings (SSSR count). The average molecular weight is 475 g/mol. The van der Waals surface area contributed by atoms with Gasteiger partial charge in [-0.3, -0.25) is 14.4 Å². The number of piperidine rings is 1. The first-order valence-corrected chi connectivity index (χ1v) is 12.5. The predicted octanol–water partition coefficient (Wildman–Crippen LogP) is 3.89. The standard InChI is InChI=1S/C26H22N2O5S/c29-24-19-10-2-3-11-20(19)25(30)23-21(24)12-7-13-22(23)27-26(31)17-8-6-9-18(16-17)34(32,33)28-14-4-1-5-15-28/h2-3,6-13,16H,1,4-5,14-15H2,(H,27,31). The second-order valence-electron chi connectivity index (χ2n) is 8.38. The van der Waals surface area contributed by atoms with E-state index in [2.05, 4.69) is 5.32 Å². The van der Waals surface area contributed by atoms with Crippen LogP contribution < -0.4 is 5.32 Å². The van der Waals surface area contributed by atoms with Crippen LogP contribution in [0.4, 0.5) is 5.69 Å². The Labute approximate surface area is 197 Å². The zero-order valence-electron chi connectivity index (χ0n) is 18.3. The van der Waals surface area contributed by atoms with E-state index in [-0.39, 0.29) is 44.4 Å². The van der Waals surface area contributed by atoms with Gasteiger partial charge in [0, 0.05) is 35.3 Å². The summed E-state index contributed by atoms with van der Waals surface area (Å²) in [4.78, 5) is 39.2. The molecule has 8 heteroatoms. The van der Waals surface area contributed by atoms with Crippen LogP contribution in [0.15, 0.2) is 71.6 Å². The van der Waals surface area contributed by atoms with Crippen molar-refractivity contribution < 1.29 is 22.8 Å². The first-order chi connectivity index (χ1) is 16.4. The van der Waals surface area contributed by atoms with Crippen LogP contribution >= 0.6 is 0 Å². The molecule has 0 bridgehead atoms. The van der Waals surface area contributed by atoms with Crippen molar-refractivity contribution in [2.24, 2.45) is 0 Å². The normalized spacial score (nSPS) is 16.0. The van der Waals surface area contributed by atoms with E-state index in [0.29, 0.717) is 18.7 Å². The fourth-order valence-corrected chi connectivity index (χ4v) is 6.06. The van der Waals surface area contributed by atoms with Crippen molar-refractivity contribution in [1.29, 1.82) is 0 Å². The molecule has 1 fully saturated rings. The van der Waals surface area contributed by atoms with Crippen LogP contribution in [0.3, 0.4) is 0 Å². The lowest BCUT2D eigenvalue weighted by Crippen LogP contribution is -2.35. The third-order valence-electron chi connectivity index (χ3n) is 6.25. The van der Waals surface area contributed by atoms with E-state index < -0.39 is 15.9 Å². The molecule has 0 unspecified atom stereocenters. The molecule has 7 nitrogen and oxygen atoms in total. The molecule has 3 aromatic carbocycles. The molecule has 34 heavy (non-hydrogen) atoms. The summed E-state index contributed by atoms with van der Waals surface area (Å²) >= 11 is 0. The monoisotopic (exact) mass is 474 g/mol. The lowest BCUT2D eigenvalue weighted by Gasteiger charge is -2.26. The Morgan fingerprint density at radius 3 is 2.15 bits per heavy atom. The number of hydrogen-bond acceptors (Lipinski definition) is 5. The van der Waals surface area contributed by atoms with Crippen molar-refractivity contribution in [1.82, 2.24) is 4.31 Å². The second kappa shape index (κ2) is 8.62. The van der Waals surface area contributed by atoms with E-state index in [9.17, 15) is 22.8 Å². The third kappa shape index (κ3) is 3.74. The Balaban J connectivity index is 1.46. The molecule has 0 aromatic heterocycles. The minimum Gasteiger partial charge on any atom is -0.321 e. The minimum absolute atomic E-state index is 0.0531. The number of benzene rings is 3. The third-order valence-corrected chi connectivity index (χ3v) is 8.14. The number of nitrogens with one attached hydrogen (secondary N) is 1. The van der Waals surface area contributed by atoms with Crippen LogP contribution in [0.1, 0.15) is 61.5 Å². The van der Waals surface area contributed by atoms with Crippen LogP contribution in [0.25, 0.3) is 0 Å². The molecule has 0 spiro atoms. The fourth-order valence-electron chi connectivity index (χ4n) is 4.50. The summed E-state index contributed by atoms with van der Waals surface area (Å²) in [5.74, 6) is -1.19. The van der Waals surface area contributed by atoms with Gasteiger partial charge < -0.3 is 5.32 Å². The van der Waals surface area contributed by atoms with E-state index in [1.165, 1.54) is 28.6 Å². The van der Waals surface area contributed by atoms with Gasteiger partial charge in [-0.05, 0) is 37.1 Å². The summed E-state index contributed by atoms with van der Waals surface area (Å²) in [7, 11) is -3.70. The maximum atomic E-state index is 13.2. The largest absolute Gasteiger partial charge is 0.321 e. The van der Waals surface area contributed by atoms with E-state index in [1.807, 2.05) is 0 Å². The number of amides is 1. The van der Waals surface area contributed by atoms with Crippen molar-refractivity contribution in [3.63, 3.8) is 0 Å². The van der Waals surface area contributed by atoms with Gasteiger partial charge in [0.05, 0.1) is 16.1 Å². The van der Waals surface area contributed by atoms with E-state index in [0.717, 1.165) is 19.3 Å². The number of hydrogen-bond donors (Lipinski definition) is 1. The number of nitrogens with zero attached hydrogens (tertiary/aromatic N) is 1. The van der Waals surface area contributed by atoms with Crippen LogP contribution in [0.2, 0.25) is 0 Å². The minimum atomic E-state index is -3.70. The Hall–Kier alpha value is -3.62. The SMILES string of the molecule is O=C(Nc1cccc2c1C(=O)c1ccccc1C2=O)c1cccc(S(=O)(=O)N2CCCCC2)c1. The highest BCUT2D eigenvalue weighted by atomic mass is 32.2. The molecule has 0 atom stereocenters. The number of ketones is 2. The molecule has 0 radical (unpaired) electrons. The van der Waals surface area contributed by atoms with Gasteiger partial charge >= 0.3 is 0 Å². The van der Waals surface area contributed by atoms with Crippen LogP contribution in [0.5, 0.6) is 0 Å². The topological polar surface area (TPSA) is 101 Å². The van der Waals surface area contributed by atoms with Gasteiger partial charge in [-0.15, -0.1) is 0 Å². The number of sulfonamides is 1. The van der Waals surface area contributed by atoms with Gasteiger partial charge in [-0.25, -0.2) is 8.42 Å². The predicted molar refractivity (Wildman–Crippen MR) is 127 cm³/mol. The van der Waals surface area contributed by atoms with Gasteiger partial charge in [-0.2, -0.15) is 4.31 Å². The number of rotatable bonds is 4. The molecule has 1 heterocycles. The first kappa shape index (κ1) is 22.2. The molecular weight excluding hydrogens is 452 g/mol. The lowest BCUT2D eigenvalue weighted by atomic mass is 9.83. The van der Waals surface area contributed by atoms with Gasteiger partial charge in [0.1, 0.15) is 0 Å². The smallest absolute Gasteiger partial charge is 0.255 e. The van der Waals surface area contributed by atoms with Crippen molar-refractivity contribution in [2.75, 3.05) is 18.4 Å². The summed E-state index contributed by atoms with van der Waals surface area (Å²) in [6.45, 7) is 0.930. The van der Waals surface area contributed by atoms with Crippen molar-refractivity contribution in [3.05, 3.63) is 94.5 Å². The van der Waals surface area contributed by atoms with Gasteiger partial charge in [0.15, 0.2) is 11.6 Å². The maximum Gasteiger partial charge on any atom is 0.255 e. The highest BCUT2D eigenvalue weighted by molar-refractivity contribution is 7.89. The van der Waals surface area contributed by atoms with Crippen LogP contribution in [0, 0.1) is 0 Å². The molecule has 1 aliphatic heterocycles. The summed E-state index contributed by atoms with van der Waals surface area (Å²) in [5, 5.41) is 2.71. The number of anilines is 1. The Kier molecular flexibility index (Phi) is 5.63. The average Bonchev–Trinajstić information content (AvgIpc) is 2.88. The fraction of sp³-hybridized carbons (Fsp3) is 0.192. The van der Waals surface area contributed by atoms with Crippen LogP contribution in [-0.4, -0.2) is 43.3 Å². The number of fused-ring (bicyclic) bond motifs is 2. The van der Waals surface area contributed by atoms with E-state index in [1.54, 1.807) is 42.5 Å².